The van der Waals surface area contributed by atoms with E-state index in [1.807, 2.05) is 55.6 Å². The molecule has 2 heterocycles. The second-order valence-electron chi connectivity index (χ2n) is 10.6. The van der Waals surface area contributed by atoms with Gasteiger partial charge in [-0.25, -0.2) is 0 Å². The van der Waals surface area contributed by atoms with Crippen molar-refractivity contribution in [3.8, 4) is 11.3 Å². The molecule has 2 aliphatic carbocycles. The molecule has 1 unspecified atom stereocenters. The SMILES string of the molecule is CN(CCc1ccccc1)C(=O)c1ccc2[nH]c(-c3ccc[nH]c3=O)c(C3=CCC(C4=CCCC=C4)C=C3)c2c1. The normalized spacial score (nSPS) is 16.6. The summed E-state index contributed by atoms with van der Waals surface area (Å²) >= 11 is 0. The van der Waals surface area contributed by atoms with Crippen molar-refractivity contribution in [2.45, 2.75) is 25.7 Å². The third-order valence-corrected chi connectivity index (χ3v) is 7.90. The Labute approximate surface area is 234 Å². The van der Waals surface area contributed by atoms with Crippen molar-refractivity contribution in [1.82, 2.24) is 14.9 Å². The zero-order chi connectivity index (χ0) is 27.5. The van der Waals surface area contributed by atoms with Crippen molar-refractivity contribution in [3.63, 3.8) is 0 Å². The zero-order valence-corrected chi connectivity index (χ0v) is 22.7. The summed E-state index contributed by atoms with van der Waals surface area (Å²) in [6.07, 6.45) is 19.0. The van der Waals surface area contributed by atoms with Gasteiger partial charge in [-0.3, -0.25) is 9.59 Å². The summed E-state index contributed by atoms with van der Waals surface area (Å²) in [5, 5.41) is 0.937. The number of pyridine rings is 1. The van der Waals surface area contributed by atoms with Gasteiger partial charge >= 0.3 is 0 Å². The van der Waals surface area contributed by atoms with Gasteiger partial charge in [0.25, 0.3) is 11.5 Å². The fraction of sp³-hybridized carbons (Fsp3) is 0.200. The molecule has 0 aliphatic heterocycles. The second kappa shape index (κ2) is 11.2. The summed E-state index contributed by atoms with van der Waals surface area (Å²) in [5.41, 5.74) is 7.31. The number of hydrogen-bond acceptors (Lipinski definition) is 2. The van der Waals surface area contributed by atoms with Crippen LogP contribution in [0.25, 0.3) is 27.7 Å². The topological polar surface area (TPSA) is 69.0 Å². The molecule has 40 heavy (non-hydrogen) atoms. The number of rotatable bonds is 7. The van der Waals surface area contributed by atoms with Gasteiger partial charge in [0.05, 0.1) is 11.3 Å². The number of carbonyl (C=O) groups is 1. The van der Waals surface area contributed by atoms with Gasteiger partial charge in [-0.2, -0.15) is 0 Å². The van der Waals surface area contributed by atoms with Crippen molar-refractivity contribution in [1.29, 1.82) is 0 Å². The molecule has 4 aromatic rings. The maximum Gasteiger partial charge on any atom is 0.257 e. The summed E-state index contributed by atoms with van der Waals surface area (Å²) < 4.78 is 0. The first kappa shape index (κ1) is 25.6. The van der Waals surface area contributed by atoms with Crippen molar-refractivity contribution >= 4 is 22.4 Å². The summed E-state index contributed by atoms with van der Waals surface area (Å²) in [4.78, 5) is 34.4. The molecule has 2 N–H and O–H groups in total. The number of aromatic amines is 2. The fourth-order valence-electron chi connectivity index (χ4n) is 5.67. The van der Waals surface area contributed by atoms with Crippen LogP contribution >= 0.6 is 0 Å². The molecule has 0 bridgehead atoms. The van der Waals surface area contributed by atoms with Gasteiger partial charge in [0.2, 0.25) is 0 Å². The van der Waals surface area contributed by atoms with Gasteiger partial charge in [0.15, 0.2) is 0 Å². The maximum absolute atomic E-state index is 13.5. The lowest BCUT2D eigenvalue weighted by Gasteiger charge is -2.20. The van der Waals surface area contributed by atoms with Gasteiger partial charge in [-0.05, 0) is 72.7 Å². The number of amides is 1. The van der Waals surface area contributed by atoms with E-state index in [-0.39, 0.29) is 11.5 Å². The molecule has 0 saturated heterocycles. The first-order valence-corrected chi connectivity index (χ1v) is 14.0. The minimum absolute atomic E-state index is 0.0201. The molecular weight excluding hydrogens is 494 g/mol. The molecule has 5 heteroatoms. The lowest BCUT2D eigenvalue weighted by Crippen LogP contribution is -2.28. The highest BCUT2D eigenvalue weighted by molar-refractivity contribution is 6.06. The molecule has 6 rings (SSSR count). The van der Waals surface area contributed by atoms with E-state index in [4.69, 9.17) is 0 Å². The third-order valence-electron chi connectivity index (χ3n) is 7.90. The van der Waals surface area contributed by atoms with E-state index in [2.05, 4.69) is 58.6 Å². The second-order valence-corrected chi connectivity index (χ2v) is 10.6. The van der Waals surface area contributed by atoms with Crippen LogP contribution in [0.4, 0.5) is 0 Å². The van der Waals surface area contributed by atoms with Crippen LogP contribution in [0.5, 0.6) is 0 Å². The van der Waals surface area contributed by atoms with E-state index in [9.17, 15) is 9.59 Å². The molecule has 2 aliphatic rings. The molecular formula is C35H33N3O2. The number of hydrogen-bond donors (Lipinski definition) is 2. The van der Waals surface area contributed by atoms with Crippen molar-refractivity contribution < 1.29 is 4.79 Å². The number of benzene rings is 2. The van der Waals surface area contributed by atoms with Crippen LogP contribution in [0.1, 0.15) is 40.7 Å². The average Bonchev–Trinajstić information content (AvgIpc) is 3.39. The number of nitrogens with zero attached hydrogens (tertiary/aromatic N) is 1. The minimum Gasteiger partial charge on any atom is -0.354 e. The number of H-pyrrole nitrogens is 2. The number of aromatic nitrogens is 2. The van der Waals surface area contributed by atoms with Gasteiger partial charge in [-0.1, -0.05) is 66.8 Å². The quantitative estimate of drug-likeness (QED) is 0.270. The Hall–Kier alpha value is -4.64. The van der Waals surface area contributed by atoms with E-state index < -0.39 is 0 Å². The number of allylic oxidation sites excluding steroid dienone is 8. The minimum atomic E-state index is -0.150. The lowest BCUT2D eigenvalue weighted by molar-refractivity contribution is 0.0797. The molecule has 2 aromatic heterocycles. The molecule has 1 amide bonds. The van der Waals surface area contributed by atoms with Gasteiger partial charge in [-0.15, -0.1) is 0 Å². The van der Waals surface area contributed by atoms with Crippen LogP contribution in [0.3, 0.4) is 0 Å². The molecule has 200 valence electrons. The lowest BCUT2D eigenvalue weighted by atomic mass is 9.85. The van der Waals surface area contributed by atoms with Crippen LogP contribution < -0.4 is 5.56 Å². The average molecular weight is 528 g/mol. The highest BCUT2D eigenvalue weighted by atomic mass is 16.2. The van der Waals surface area contributed by atoms with Crippen LogP contribution in [-0.4, -0.2) is 34.4 Å². The van der Waals surface area contributed by atoms with E-state index in [0.29, 0.717) is 23.6 Å². The van der Waals surface area contributed by atoms with Gasteiger partial charge < -0.3 is 14.9 Å². The fourth-order valence-corrected chi connectivity index (χ4v) is 5.67. The molecule has 0 spiro atoms. The molecule has 0 radical (unpaired) electrons. The molecule has 0 saturated carbocycles. The highest BCUT2D eigenvalue weighted by Gasteiger charge is 2.22. The summed E-state index contributed by atoms with van der Waals surface area (Å²) in [7, 11) is 1.85. The van der Waals surface area contributed by atoms with Crippen LogP contribution in [0.2, 0.25) is 0 Å². The number of fused-ring (bicyclic) bond motifs is 1. The largest absolute Gasteiger partial charge is 0.354 e. The highest BCUT2D eigenvalue weighted by Crippen LogP contribution is 2.39. The Balaban J connectivity index is 1.36. The summed E-state index contributed by atoms with van der Waals surface area (Å²) in [6, 6.07) is 19.7. The standard InChI is InChI=1S/C35H33N3O2/c1-38(22-20-24-9-4-2-5-10-24)35(40)28-18-19-31-30(23-28)32(33(37-31)29-13-8-21-36-34(29)39)27-16-14-26(15-17-27)25-11-6-3-7-12-25/h2,4-6,8-14,16-19,21,23,26,37H,3,7,15,20,22H2,1H3,(H,36,39). The van der Waals surface area contributed by atoms with Crippen LogP contribution in [-0.2, 0) is 6.42 Å². The van der Waals surface area contributed by atoms with E-state index >= 15 is 0 Å². The number of likely N-dealkylation sites (N-methyl/N-ethyl adjacent to an activating group) is 1. The van der Waals surface area contributed by atoms with E-state index in [1.165, 1.54) is 11.1 Å². The first-order chi connectivity index (χ1) is 19.6. The van der Waals surface area contributed by atoms with Crippen molar-refractivity contribution in [3.05, 3.63) is 136 Å². The zero-order valence-electron chi connectivity index (χ0n) is 22.7. The Morgan fingerprint density at radius 1 is 1.00 bits per heavy atom. The predicted molar refractivity (Wildman–Crippen MR) is 163 cm³/mol. The Morgan fingerprint density at radius 2 is 1.88 bits per heavy atom. The molecule has 0 fully saturated rings. The van der Waals surface area contributed by atoms with Gasteiger partial charge in [0.1, 0.15) is 0 Å². The molecule has 1 atom stereocenters. The first-order valence-electron chi connectivity index (χ1n) is 14.0. The summed E-state index contributed by atoms with van der Waals surface area (Å²) in [6.45, 7) is 0.630. The number of carbonyl (C=O) groups excluding carboxylic acids is 1. The summed E-state index contributed by atoms with van der Waals surface area (Å²) in [5.74, 6) is 0.331. The van der Waals surface area contributed by atoms with E-state index in [1.54, 1.807) is 11.1 Å². The van der Waals surface area contributed by atoms with Crippen LogP contribution in [0.15, 0.2) is 114 Å². The van der Waals surface area contributed by atoms with Crippen molar-refractivity contribution in [2.24, 2.45) is 5.92 Å². The molecule has 2 aromatic carbocycles. The van der Waals surface area contributed by atoms with E-state index in [0.717, 1.165) is 53.4 Å². The Kier molecular flexibility index (Phi) is 7.19. The van der Waals surface area contributed by atoms with Gasteiger partial charge in [0, 0.05) is 47.7 Å². The third kappa shape index (κ3) is 5.15. The van der Waals surface area contributed by atoms with Crippen molar-refractivity contribution in [2.75, 3.05) is 13.6 Å². The van der Waals surface area contributed by atoms with Crippen LogP contribution in [0, 0.1) is 5.92 Å². The smallest absolute Gasteiger partial charge is 0.257 e. The Bertz CT molecular complexity index is 1730. The molecule has 5 nitrogen and oxygen atoms in total. The predicted octanol–water partition coefficient (Wildman–Crippen LogP) is 7.07. The monoisotopic (exact) mass is 527 g/mol. The Morgan fingerprint density at radius 3 is 2.62 bits per heavy atom. The number of nitrogens with one attached hydrogen (secondary N) is 2. The maximum atomic E-state index is 13.5.